The molecule has 5 heteroatoms. The average molecular weight is 328 g/mol. The monoisotopic (exact) mass is 328 g/mol. The molecule has 0 unspecified atom stereocenters. The molecule has 0 radical (unpaired) electrons. The zero-order valence-corrected chi connectivity index (χ0v) is 14.1. The van der Waals surface area contributed by atoms with Crippen LogP contribution >= 0.6 is 0 Å². The van der Waals surface area contributed by atoms with Crippen molar-refractivity contribution >= 4 is 22.5 Å². The molecular formula is C18H20N2O2S. The highest BCUT2D eigenvalue weighted by atomic mass is 32.2. The number of benzene rings is 2. The number of hydrogen-bond acceptors (Lipinski definition) is 2. The quantitative estimate of drug-likeness (QED) is 0.909. The number of hydrogen-bond donors (Lipinski definition) is 2. The first-order valence-electron chi connectivity index (χ1n) is 7.55. The third-order valence-electron chi connectivity index (χ3n) is 4.12. The topological polar surface area (TPSA) is 58.2 Å². The zero-order valence-electron chi connectivity index (χ0n) is 13.3. The fourth-order valence-electron chi connectivity index (χ4n) is 3.08. The minimum Gasteiger partial charge on any atom is -0.332 e. The Morgan fingerprint density at radius 3 is 2.35 bits per heavy atom. The van der Waals surface area contributed by atoms with Crippen LogP contribution in [0.4, 0.5) is 10.5 Å². The fraction of sp³-hybridized carbons (Fsp3) is 0.278. The highest BCUT2D eigenvalue weighted by Gasteiger charge is 2.33. The average Bonchev–Trinajstić information content (AvgIpc) is 2.82. The van der Waals surface area contributed by atoms with Crippen LogP contribution in [0.5, 0.6) is 0 Å². The summed E-state index contributed by atoms with van der Waals surface area (Å²) >= 11 is 0. The summed E-state index contributed by atoms with van der Waals surface area (Å²) in [5.74, 6) is 0. The number of fused-ring (bicyclic) bond motifs is 1. The second kappa shape index (κ2) is 6.16. The summed E-state index contributed by atoms with van der Waals surface area (Å²) in [6, 6.07) is 15.2. The third-order valence-corrected chi connectivity index (χ3v) is 5.04. The molecule has 23 heavy (non-hydrogen) atoms. The van der Waals surface area contributed by atoms with Crippen LogP contribution in [0.15, 0.2) is 53.4 Å². The fourth-order valence-corrected chi connectivity index (χ4v) is 3.65. The first-order valence-corrected chi connectivity index (χ1v) is 9.10. The lowest BCUT2D eigenvalue weighted by molar-refractivity contribution is 0.240. The molecular weight excluding hydrogens is 308 g/mol. The summed E-state index contributed by atoms with van der Waals surface area (Å²) in [5, 5.41) is 5.91. The number of anilines is 1. The van der Waals surface area contributed by atoms with E-state index in [0.29, 0.717) is 10.6 Å². The van der Waals surface area contributed by atoms with Gasteiger partial charge in [0, 0.05) is 33.2 Å². The van der Waals surface area contributed by atoms with Gasteiger partial charge < -0.3 is 10.6 Å². The summed E-state index contributed by atoms with van der Waals surface area (Å²) in [6.45, 7) is 2.06. The van der Waals surface area contributed by atoms with Gasteiger partial charge in [0.05, 0.1) is 0 Å². The van der Waals surface area contributed by atoms with Crippen molar-refractivity contribution in [3.8, 4) is 0 Å². The molecule has 2 amide bonds. The second-order valence-corrected chi connectivity index (χ2v) is 7.62. The molecule has 0 bridgehead atoms. The number of carbonyl (C=O) groups is 1. The van der Waals surface area contributed by atoms with Gasteiger partial charge in [-0.15, -0.1) is 0 Å². The number of rotatable bonds is 3. The highest BCUT2D eigenvalue weighted by molar-refractivity contribution is 7.84. The van der Waals surface area contributed by atoms with E-state index >= 15 is 0 Å². The van der Waals surface area contributed by atoms with E-state index in [0.717, 1.165) is 12.8 Å². The zero-order chi connectivity index (χ0) is 16.4. The molecule has 3 rings (SSSR count). The Hall–Kier alpha value is -2.14. The van der Waals surface area contributed by atoms with Crippen LogP contribution in [0.1, 0.15) is 18.1 Å². The first kappa shape index (κ1) is 15.7. The van der Waals surface area contributed by atoms with Gasteiger partial charge in [0.25, 0.3) is 0 Å². The molecule has 0 fully saturated rings. The van der Waals surface area contributed by atoms with Gasteiger partial charge in [-0.1, -0.05) is 30.3 Å². The molecule has 0 aromatic heterocycles. The van der Waals surface area contributed by atoms with Crippen molar-refractivity contribution in [3.63, 3.8) is 0 Å². The molecule has 1 aliphatic rings. The number of nitrogens with one attached hydrogen (secondary N) is 2. The van der Waals surface area contributed by atoms with Crippen molar-refractivity contribution in [1.29, 1.82) is 0 Å². The van der Waals surface area contributed by atoms with Crippen LogP contribution in [-0.2, 0) is 23.6 Å². The molecule has 2 aromatic carbocycles. The molecule has 0 saturated heterocycles. The Kier molecular flexibility index (Phi) is 4.22. The van der Waals surface area contributed by atoms with Crippen molar-refractivity contribution in [2.24, 2.45) is 0 Å². The largest absolute Gasteiger partial charge is 0.332 e. The van der Waals surface area contributed by atoms with Crippen molar-refractivity contribution in [2.45, 2.75) is 30.2 Å². The number of amides is 2. The lowest BCUT2D eigenvalue weighted by Crippen LogP contribution is -2.48. The maximum absolute atomic E-state index is 12.3. The third kappa shape index (κ3) is 3.62. The van der Waals surface area contributed by atoms with Gasteiger partial charge in [0.15, 0.2) is 0 Å². The smallest absolute Gasteiger partial charge is 0.319 e. The molecule has 0 aliphatic heterocycles. The van der Waals surface area contributed by atoms with Gasteiger partial charge in [0.1, 0.15) is 0 Å². The van der Waals surface area contributed by atoms with E-state index in [9.17, 15) is 9.00 Å². The van der Waals surface area contributed by atoms with Gasteiger partial charge in [-0.25, -0.2) is 4.79 Å². The van der Waals surface area contributed by atoms with Crippen LogP contribution in [0.2, 0.25) is 0 Å². The highest BCUT2D eigenvalue weighted by Crippen LogP contribution is 2.29. The van der Waals surface area contributed by atoms with Crippen molar-refractivity contribution in [1.82, 2.24) is 5.32 Å². The standard InChI is InChI=1S/C18H20N2O2S/c1-18(11-13-6-3-4-7-14(13)12-18)20-17(21)19-15-8-5-9-16(10-15)23(2)22/h3-10H,11-12H2,1-2H3,(H2,19,20,21)/t23-/m0/s1. The molecule has 2 N–H and O–H groups in total. The lowest BCUT2D eigenvalue weighted by atomic mass is 9.99. The van der Waals surface area contributed by atoms with Gasteiger partial charge in [-0.05, 0) is 49.1 Å². The summed E-state index contributed by atoms with van der Waals surface area (Å²) in [4.78, 5) is 13.0. The van der Waals surface area contributed by atoms with E-state index in [1.807, 2.05) is 12.1 Å². The van der Waals surface area contributed by atoms with Gasteiger partial charge >= 0.3 is 6.03 Å². The second-order valence-electron chi connectivity index (χ2n) is 6.24. The normalized spacial score (nSPS) is 16.4. The minimum absolute atomic E-state index is 0.237. The maximum Gasteiger partial charge on any atom is 0.319 e. The van der Waals surface area contributed by atoms with Crippen molar-refractivity contribution in [2.75, 3.05) is 11.6 Å². The Labute approximate surface area is 138 Å². The predicted octanol–water partition coefficient (Wildman–Crippen LogP) is 3.10. The van der Waals surface area contributed by atoms with Crippen LogP contribution in [0, 0.1) is 0 Å². The Morgan fingerprint density at radius 2 is 1.74 bits per heavy atom. The summed E-state index contributed by atoms with van der Waals surface area (Å²) in [5.41, 5.74) is 2.95. The number of urea groups is 1. The minimum atomic E-state index is -1.07. The van der Waals surface area contributed by atoms with E-state index in [1.165, 1.54) is 11.1 Å². The summed E-state index contributed by atoms with van der Waals surface area (Å²) < 4.78 is 11.5. The van der Waals surface area contributed by atoms with E-state index in [2.05, 4.69) is 29.7 Å². The van der Waals surface area contributed by atoms with E-state index in [4.69, 9.17) is 0 Å². The molecule has 1 aliphatic carbocycles. The van der Waals surface area contributed by atoms with Crippen LogP contribution < -0.4 is 10.6 Å². The van der Waals surface area contributed by atoms with Crippen LogP contribution in [0.25, 0.3) is 0 Å². The first-order chi connectivity index (χ1) is 11.0. The Morgan fingerprint density at radius 1 is 1.09 bits per heavy atom. The van der Waals surface area contributed by atoms with Crippen molar-refractivity contribution in [3.05, 3.63) is 59.7 Å². The molecule has 2 aromatic rings. The van der Waals surface area contributed by atoms with Crippen LogP contribution in [0.3, 0.4) is 0 Å². The van der Waals surface area contributed by atoms with Crippen molar-refractivity contribution < 1.29 is 9.00 Å². The van der Waals surface area contributed by atoms with E-state index in [-0.39, 0.29) is 11.6 Å². The summed E-state index contributed by atoms with van der Waals surface area (Å²) in [7, 11) is -1.07. The Balaban J connectivity index is 1.66. The molecule has 1 atom stereocenters. The van der Waals surface area contributed by atoms with Crippen LogP contribution in [-0.4, -0.2) is 22.0 Å². The van der Waals surface area contributed by atoms with Gasteiger partial charge in [-0.2, -0.15) is 0 Å². The maximum atomic E-state index is 12.3. The van der Waals surface area contributed by atoms with E-state index in [1.54, 1.807) is 30.5 Å². The molecule has 0 saturated carbocycles. The van der Waals surface area contributed by atoms with E-state index < -0.39 is 10.8 Å². The lowest BCUT2D eigenvalue weighted by Gasteiger charge is -2.25. The predicted molar refractivity (Wildman–Crippen MR) is 93.2 cm³/mol. The number of carbonyl (C=O) groups excluding carboxylic acids is 1. The Bertz CT molecular complexity index is 748. The summed E-state index contributed by atoms with van der Waals surface area (Å²) in [6.07, 6.45) is 3.28. The SMILES string of the molecule is C[S@](=O)c1cccc(NC(=O)NC2(C)Cc3ccccc3C2)c1. The molecule has 0 heterocycles. The molecule has 0 spiro atoms. The van der Waals surface area contributed by atoms with Gasteiger partial charge in [0.2, 0.25) is 0 Å². The van der Waals surface area contributed by atoms with Gasteiger partial charge in [-0.3, -0.25) is 4.21 Å². The molecule has 4 nitrogen and oxygen atoms in total. The molecule has 120 valence electrons.